The lowest BCUT2D eigenvalue weighted by Crippen LogP contribution is -2.44. The second-order valence-electron chi connectivity index (χ2n) is 12.1. The number of alkyl halides is 3. The van der Waals surface area contributed by atoms with Crippen molar-refractivity contribution in [2.45, 2.75) is 25.4 Å². The molecule has 2 aliphatic carbocycles. The first-order chi connectivity index (χ1) is 23.7. The Bertz CT molecular complexity index is 2170. The van der Waals surface area contributed by atoms with E-state index in [-0.39, 0.29) is 6.54 Å². The highest BCUT2D eigenvalue weighted by atomic mass is 32.1. The number of carbonyl (C=O) groups is 2. The molecule has 5 aromatic rings. The monoisotopic (exact) mass is 676 g/mol. The highest BCUT2D eigenvalue weighted by molar-refractivity contribution is 7.81. The molecule has 6 nitrogen and oxygen atoms in total. The number of benzene rings is 4. The van der Waals surface area contributed by atoms with Gasteiger partial charge in [-0.05, 0) is 63.6 Å². The lowest BCUT2D eigenvalue weighted by Gasteiger charge is -2.32. The number of fused-ring (bicyclic) bond motifs is 4. The molecule has 1 N–H and O–H groups in total. The van der Waals surface area contributed by atoms with E-state index in [0.717, 1.165) is 38.3 Å². The number of rotatable bonds is 9. The summed E-state index contributed by atoms with van der Waals surface area (Å²) in [6, 6.07) is 32.5. The van der Waals surface area contributed by atoms with Crippen LogP contribution in [-0.4, -0.2) is 51.0 Å². The van der Waals surface area contributed by atoms with Crippen LogP contribution in [0.3, 0.4) is 0 Å². The minimum atomic E-state index is -4.57. The van der Waals surface area contributed by atoms with Crippen molar-refractivity contribution in [3.8, 4) is 11.1 Å². The maximum atomic E-state index is 14.4. The Hall–Kier alpha value is -5.35. The van der Waals surface area contributed by atoms with Gasteiger partial charge in [0.15, 0.2) is 5.82 Å². The van der Waals surface area contributed by atoms with Gasteiger partial charge in [0.25, 0.3) is 0 Å². The highest BCUT2D eigenvalue weighted by Crippen LogP contribution is 2.54. The molecule has 2 aliphatic rings. The molecule has 1 aromatic heterocycles. The fourth-order valence-electron chi connectivity index (χ4n) is 7.17. The van der Waals surface area contributed by atoms with Gasteiger partial charge in [-0.1, -0.05) is 110 Å². The number of hydrogen-bond acceptors (Lipinski definition) is 4. The van der Waals surface area contributed by atoms with E-state index in [0.29, 0.717) is 45.7 Å². The summed E-state index contributed by atoms with van der Waals surface area (Å²) in [5, 5.41) is 0. The molecule has 49 heavy (non-hydrogen) atoms. The second-order valence-corrected chi connectivity index (χ2v) is 12.5. The van der Waals surface area contributed by atoms with Crippen molar-refractivity contribution < 1.29 is 22.8 Å². The molecule has 2 atom stereocenters. The Labute approximate surface area is 286 Å². The van der Waals surface area contributed by atoms with E-state index < -0.39 is 30.5 Å². The van der Waals surface area contributed by atoms with Crippen molar-refractivity contribution in [1.82, 2.24) is 14.6 Å². The Morgan fingerprint density at radius 1 is 0.918 bits per heavy atom. The summed E-state index contributed by atoms with van der Waals surface area (Å²) in [6.45, 7) is 0.346. The molecule has 2 amide bonds. The number of thiocarbonyl (C=S) groups is 1. The predicted octanol–water partition coefficient (Wildman–Crippen LogP) is 8.30. The molecule has 10 heteroatoms. The fourth-order valence-corrected chi connectivity index (χ4v) is 7.63. The first kappa shape index (κ1) is 32.2. The smallest absolute Gasteiger partial charge is 0.333 e. The highest BCUT2D eigenvalue weighted by Gasteiger charge is 2.49. The molecular formula is C39H31F3N4O2S. The number of halogens is 3. The molecule has 0 fully saturated rings. The molecule has 0 bridgehead atoms. The van der Waals surface area contributed by atoms with Gasteiger partial charge in [0.2, 0.25) is 12.3 Å². The zero-order valence-corrected chi connectivity index (χ0v) is 27.3. The van der Waals surface area contributed by atoms with Crippen LogP contribution < -0.4 is 5.43 Å². The first-order valence-electron chi connectivity index (χ1n) is 16.0. The van der Waals surface area contributed by atoms with E-state index >= 15 is 0 Å². The molecule has 4 aromatic carbocycles. The number of nitrogens with one attached hydrogen (secondary N) is 1. The van der Waals surface area contributed by atoms with Crippen LogP contribution in [0.5, 0.6) is 0 Å². The zero-order chi connectivity index (χ0) is 34.3. The van der Waals surface area contributed by atoms with E-state index in [2.05, 4.69) is 5.43 Å². The molecule has 0 aliphatic heterocycles. The number of carbonyl (C=O) groups excluding carboxylic acids is 2. The number of allylic oxidation sites excluding steroid dienone is 4. The summed E-state index contributed by atoms with van der Waals surface area (Å²) >= 11 is 6.38. The lowest BCUT2D eigenvalue weighted by molar-refractivity contribution is -0.162. The van der Waals surface area contributed by atoms with Gasteiger partial charge in [-0.15, -0.1) is 0 Å². The summed E-state index contributed by atoms with van der Waals surface area (Å²) in [5.74, 6) is -2.01. The molecule has 0 radical (unpaired) electrons. The van der Waals surface area contributed by atoms with Crippen LogP contribution in [0.15, 0.2) is 109 Å². The van der Waals surface area contributed by atoms with Gasteiger partial charge in [0, 0.05) is 22.9 Å². The van der Waals surface area contributed by atoms with Crippen LogP contribution in [0.2, 0.25) is 0 Å². The van der Waals surface area contributed by atoms with Gasteiger partial charge >= 0.3 is 6.18 Å². The maximum Gasteiger partial charge on any atom is 0.406 e. The standard InChI is InChI=1S/C39H31F3N4O2S/c1-2-20-45(22-39(40,41)42)38(48)34-28-17-9-8-16-27(28)29-21-30(26-15-7-6-14-25(26)24-12-4-3-5-13-24)35(36(49)33(29)34)37-44-31-18-10-11-19-32(31)46(37)43-23-47/h3-19,21,23,33-34H,2,20,22H2,1H3,(H,43,47). The van der Waals surface area contributed by atoms with Crippen LogP contribution in [0, 0.1) is 5.92 Å². The topological polar surface area (TPSA) is 67.2 Å². The van der Waals surface area contributed by atoms with E-state index in [4.69, 9.17) is 17.2 Å². The molecule has 0 saturated carbocycles. The summed E-state index contributed by atoms with van der Waals surface area (Å²) < 4.78 is 43.0. The van der Waals surface area contributed by atoms with E-state index in [1.807, 2.05) is 97.1 Å². The van der Waals surface area contributed by atoms with Crippen LogP contribution in [0.4, 0.5) is 13.2 Å². The average molecular weight is 677 g/mol. The van der Waals surface area contributed by atoms with Gasteiger partial charge in [0.05, 0.1) is 17.0 Å². The third kappa shape index (κ3) is 5.76. The van der Waals surface area contributed by atoms with E-state index in [1.165, 1.54) is 0 Å². The predicted molar refractivity (Wildman–Crippen MR) is 190 cm³/mol. The van der Waals surface area contributed by atoms with Crippen LogP contribution in [-0.2, 0) is 9.59 Å². The third-order valence-electron chi connectivity index (χ3n) is 9.08. The minimum absolute atomic E-state index is 0.0486. The summed E-state index contributed by atoms with van der Waals surface area (Å²) in [4.78, 5) is 32.6. The summed E-state index contributed by atoms with van der Waals surface area (Å²) in [7, 11) is 0. The normalized spacial score (nSPS) is 17.1. The quantitative estimate of drug-likeness (QED) is 0.126. The third-order valence-corrected chi connectivity index (χ3v) is 9.54. The number of nitrogens with zero attached hydrogens (tertiary/aromatic N) is 3. The number of aromatic nitrogens is 2. The number of hydrogen-bond donors (Lipinski definition) is 1. The van der Waals surface area contributed by atoms with Gasteiger partial charge in [0.1, 0.15) is 6.54 Å². The number of amides is 2. The Morgan fingerprint density at radius 2 is 1.57 bits per heavy atom. The van der Waals surface area contributed by atoms with Crippen molar-refractivity contribution in [1.29, 1.82) is 0 Å². The van der Waals surface area contributed by atoms with Crippen molar-refractivity contribution >= 4 is 57.2 Å². The van der Waals surface area contributed by atoms with Gasteiger partial charge in [-0.25, -0.2) is 9.66 Å². The molecular weight excluding hydrogens is 646 g/mol. The minimum Gasteiger partial charge on any atom is -0.333 e. The molecule has 0 spiro atoms. The molecule has 0 saturated heterocycles. The first-order valence-corrected chi connectivity index (χ1v) is 16.4. The van der Waals surface area contributed by atoms with Gasteiger partial charge in [-0.3, -0.25) is 15.0 Å². The fraction of sp³-hybridized carbons (Fsp3) is 0.179. The average Bonchev–Trinajstić information content (AvgIpc) is 3.63. The van der Waals surface area contributed by atoms with Crippen molar-refractivity contribution in [3.05, 3.63) is 132 Å². The Morgan fingerprint density at radius 3 is 2.29 bits per heavy atom. The van der Waals surface area contributed by atoms with E-state index in [9.17, 15) is 22.8 Å². The summed E-state index contributed by atoms with van der Waals surface area (Å²) in [5.41, 5.74) is 10.1. The largest absolute Gasteiger partial charge is 0.406 e. The van der Waals surface area contributed by atoms with Crippen LogP contribution in [0.1, 0.15) is 41.8 Å². The maximum absolute atomic E-state index is 14.4. The van der Waals surface area contributed by atoms with E-state index in [1.54, 1.807) is 23.7 Å². The van der Waals surface area contributed by atoms with Gasteiger partial charge < -0.3 is 4.90 Å². The molecule has 7 rings (SSSR count). The zero-order valence-electron chi connectivity index (χ0n) is 26.4. The van der Waals surface area contributed by atoms with Crippen molar-refractivity contribution in [2.24, 2.45) is 5.92 Å². The number of para-hydroxylation sites is 2. The lowest BCUT2D eigenvalue weighted by atomic mass is 9.76. The molecule has 246 valence electrons. The molecule has 2 unspecified atom stereocenters. The number of imidazole rings is 1. The summed E-state index contributed by atoms with van der Waals surface area (Å²) in [6.07, 6.45) is -1.65. The second kappa shape index (κ2) is 12.9. The van der Waals surface area contributed by atoms with Crippen LogP contribution in [0.25, 0.3) is 38.9 Å². The van der Waals surface area contributed by atoms with Crippen molar-refractivity contribution in [2.75, 3.05) is 18.5 Å². The Balaban J connectivity index is 1.51. The SMILES string of the molecule is CCCN(CC(F)(F)F)C(=O)C1c2ccccc2C2=CC(c3ccccc3-c3ccccc3)=C(c3nc4ccccc4n3NC=O)C(=S)C21. The van der Waals surface area contributed by atoms with Gasteiger partial charge in [-0.2, -0.15) is 13.2 Å². The van der Waals surface area contributed by atoms with Crippen LogP contribution >= 0.6 is 12.2 Å². The Kier molecular flexibility index (Phi) is 8.50. The molecule has 1 heterocycles. The van der Waals surface area contributed by atoms with Crippen molar-refractivity contribution in [3.63, 3.8) is 0 Å².